The number of urea groups is 1. The van der Waals surface area contributed by atoms with Gasteiger partial charge < -0.3 is 20.7 Å². The summed E-state index contributed by atoms with van der Waals surface area (Å²) in [4.78, 5) is 15.9. The van der Waals surface area contributed by atoms with Crippen molar-refractivity contribution in [2.24, 2.45) is 0 Å². The summed E-state index contributed by atoms with van der Waals surface area (Å²) in [7, 11) is 1.65. The maximum Gasteiger partial charge on any atom is 0.319 e. The fraction of sp³-hybridized carbons (Fsp3) is 0.294. The maximum atomic E-state index is 11.6. The second kappa shape index (κ2) is 7.00. The minimum atomic E-state index is -0.173. The van der Waals surface area contributed by atoms with Crippen LogP contribution in [0.3, 0.4) is 0 Å². The summed E-state index contributed by atoms with van der Waals surface area (Å²) < 4.78 is 5.13. The van der Waals surface area contributed by atoms with Crippen LogP contribution in [0.25, 0.3) is 0 Å². The van der Waals surface area contributed by atoms with Gasteiger partial charge in [-0.15, -0.1) is 0 Å². The minimum Gasteiger partial charge on any atom is -0.497 e. The van der Waals surface area contributed by atoms with Crippen molar-refractivity contribution in [2.75, 3.05) is 17.7 Å². The summed E-state index contributed by atoms with van der Waals surface area (Å²) in [5.74, 6) is 1.60. The second-order valence-corrected chi connectivity index (χ2v) is 5.51. The van der Waals surface area contributed by atoms with Crippen molar-refractivity contribution in [2.45, 2.75) is 25.4 Å². The van der Waals surface area contributed by atoms with E-state index in [1.165, 1.54) is 0 Å². The fourth-order valence-electron chi connectivity index (χ4n) is 2.09. The fourth-order valence-corrected chi connectivity index (χ4v) is 2.09. The molecule has 6 heteroatoms. The number of benzene rings is 1. The van der Waals surface area contributed by atoms with Gasteiger partial charge >= 0.3 is 6.03 Å². The van der Waals surface area contributed by atoms with E-state index in [2.05, 4.69) is 20.9 Å². The van der Waals surface area contributed by atoms with Crippen molar-refractivity contribution < 1.29 is 9.53 Å². The van der Waals surface area contributed by atoms with E-state index in [1.54, 1.807) is 13.3 Å². The van der Waals surface area contributed by atoms with E-state index >= 15 is 0 Å². The van der Waals surface area contributed by atoms with Crippen LogP contribution in [-0.4, -0.2) is 24.2 Å². The number of nitrogens with zero attached hydrogens (tertiary/aromatic N) is 1. The minimum absolute atomic E-state index is 0.173. The van der Waals surface area contributed by atoms with Gasteiger partial charge in [0.15, 0.2) is 0 Å². The molecule has 1 fully saturated rings. The molecule has 1 heterocycles. The molecule has 1 aliphatic rings. The number of methoxy groups -OCH3 is 1. The zero-order valence-corrected chi connectivity index (χ0v) is 13.0. The molecule has 6 nitrogen and oxygen atoms in total. The highest BCUT2D eigenvalue weighted by molar-refractivity contribution is 5.89. The van der Waals surface area contributed by atoms with Crippen molar-refractivity contribution in [3.8, 4) is 5.75 Å². The average molecular weight is 312 g/mol. The normalized spacial score (nSPS) is 13.3. The second-order valence-electron chi connectivity index (χ2n) is 5.51. The Bertz CT molecular complexity index is 651. The van der Waals surface area contributed by atoms with Gasteiger partial charge in [-0.25, -0.2) is 9.78 Å². The molecule has 3 N–H and O–H groups in total. The number of aromatic nitrogens is 1. The van der Waals surface area contributed by atoms with E-state index in [9.17, 15) is 4.79 Å². The van der Waals surface area contributed by atoms with Crippen LogP contribution in [-0.2, 0) is 6.54 Å². The molecule has 1 aromatic carbocycles. The van der Waals surface area contributed by atoms with Gasteiger partial charge in [0.05, 0.1) is 19.0 Å². The number of carbonyl (C=O) groups is 1. The zero-order valence-electron chi connectivity index (χ0n) is 13.0. The number of pyridine rings is 1. The Kier molecular flexibility index (Phi) is 4.61. The molecule has 0 unspecified atom stereocenters. The van der Waals surface area contributed by atoms with Gasteiger partial charge in [-0.3, -0.25) is 0 Å². The van der Waals surface area contributed by atoms with Gasteiger partial charge in [0.2, 0.25) is 0 Å². The number of amides is 2. The molecule has 1 saturated carbocycles. The summed E-state index contributed by atoms with van der Waals surface area (Å²) in [6.45, 7) is 0.673. The lowest BCUT2D eigenvalue weighted by Crippen LogP contribution is -2.30. The Balaban J connectivity index is 1.49. The summed E-state index contributed by atoms with van der Waals surface area (Å²) >= 11 is 0. The van der Waals surface area contributed by atoms with E-state index in [0.29, 0.717) is 18.3 Å². The largest absolute Gasteiger partial charge is 0.497 e. The summed E-state index contributed by atoms with van der Waals surface area (Å²) in [5.41, 5.74) is 1.82. The molecular weight excluding hydrogens is 292 g/mol. The molecule has 0 radical (unpaired) electrons. The van der Waals surface area contributed by atoms with Crippen LogP contribution in [0.1, 0.15) is 18.4 Å². The van der Waals surface area contributed by atoms with Gasteiger partial charge in [-0.05, 0) is 42.7 Å². The van der Waals surface area contributed by atoms with Crippen LogP contribution in [0, 0.1) is 0 Å². The highest BCUT2D eigenvalue weighted by Gasteiger charge is 2.23. The molecule has 0 aliphatic heterocycles. The first-order valence-corrected chi connectivity index (χ1v) is 7.63. The lowest BCUT2D eigenvalue weighted by molar-refractivity contribution is 0.251. The van der Waals surface area contributed by atoms with Crippen LogP contribution in [0.4, 0.5) is 16.3 Å². The number of anilines is 2. The lowest BCUT2D eigenvalue weighted by Gasteiger charge is -2.09. The van der Waals surface area contributed by atoms with Gasteiger partial charge in [0.25, 0.3) is 0 Å². The zero-order chi connectivity index (χ0) is 16.1. The highest BCUT2D eigenvalue weighted by Crippen LogP contribution is 2.19. The Morgan fingerprint density at radius 1 is 1.22 bits per heavy atom. The highest BCUT2D eigenvalue weighted by atomic mass is 16.5. The van der Waals surface area contributed by atoms with E-state index in [4.69, 9.17) is 4.74 Å². The summed E-state index contributed by atoms with van der Waals surface area (Å²) in [5, 5.41) is 8.88. The molecule has 23 heavy (non-hydrogen) atoms. The molecule has 3 rings (SSSR count). The first-order valence-electron chi connectivity index (χ1n) is 7.63. The van der Waals surface area contributed by atoms with Crippen molar-refractivity contribution in [1.29, 1.82) is 0 Å². The first-order chi connectivity index (χ1) is 11.2. The molecule has 1 aromatic heterocycles. The Morgan fingerprint density at radius 2 is 2.00 bits per heavy atom. The lowest BCUT2D eigenvalue weighted by atomic mass is 10.2. The molecule has 0 saturated heterocycles. The molecule has 2 aromatic rings. The average Bonchev–Trinajstić information content (AvgIpc) is 3.38. The van der Waals surface area contributed by atoms with Gasteiger partial charge in [0.1, 0.15) is 11.6 Å². The van der Waals surface area contributed by atoms with Crippen LogP contribution >= 0.6 is 0 Å². The Labute approximate surface area is 135 Å². The molecule has 120 valence electrons. The number of hydrogen-bond donors (Lipinski definition) is 3. The Hall–Kier alpha value is -2.76. The third-order valence-corrected chi connectivity index (χ3v) is 3.57. The number of nitrogens with one attached hydrogen (secondary N) is 3. The smallest absolute Gasteiger partial charge is 0.319 e. The quantitative estimate of drug-likeness (QED) is 0.766. The topological polar surface area (TPSA) is 75.3 Å². The molecule has 0 atom stereocenters. The van der Waals surface area contributed by atoms with E-state index < -0.39 is 0 Å². The maximum absolute atomic E-state index is 11.6. The van der Waals surface area contributed by atoms with Crippen LogP contribution in [0.2, 0.25) is 0 Å². The van der Waals surface area contributed by atoms with E-state index in [1.807, 2.05) is 36.4 Å². The summed E-state index contributed by atoms with van der Waals surface area (Å²) in [6.07, 6.45) is 3.78. The van der Waals surface area contributed by atoms with E-state index in [0.717, 1.165) is 30.0 Å². The van der Waals surface area contributed by atoms with Crippen LogP contribution < -0.4 is 20.7 Å². The Morgan fingerprint density at radius 3 is 2.61 bits per heavy atom. The van der Waals surface area contributed by atoms with Gasteiger partial charge in [-0.2, -0.15) is 0 Å². The van der Waals surface area contributed by atoms with Crippen LogP contribution in [0.15, 0.2) is 42.6 Å². The van der Waals surface area contributed by atoms with Crippen molar-refractivity contribution in [3.63, 3.8) is 0 Å². The third-order valence-electron chi connectivity index (χ3n) is 3.57. The van der Waals surface area contributed by atoms with E-state index in [-0.39, 0.29) is 6.03 Å². The van der Waals surface area contributed by atoms with Gasteiger partial charge in [-0.1, -0.05) is 12.1 Å². The van der Waals surface area contributed by atoms with Crippen molar-refractivity contribution in [3.05, 3.63) is 48.2 Å². The number of hydrogen-bond acceptors (Lipinski definition) is 4. The first kappa shape index (κ1) is 15.1. The van der Waals surface area contributed by atoms with Crippen molar-refractivity contribution in [1.82, 2.24) is 10.3 Å². The molecule has 0 bridgehead atoms. The monoisotopic (exact) mass is 312 g/mol. The summed E-state index contributed by atoms with van der Waals surface area (Å²) in [6, 6.07) is 11.7. The predicted octanol–water partition coefficient (Wildman–Crippen LogP) is 2.99. The molecule has 1 aliphatic carbocycles. The number of ether oxygens (including phenoxy) is 1. The molecular formula is C17H20N4O2. The predicted molar refractivity (Wildman–Crippen MR) is 89.7 cm³/mol. The number of rotatable bonds is 6. The molecule has 2 amide bonds. The van der Waals surface area contributed by atoms with Gasteiger partial charge in [0, 0.05) is 12.6 Å². The molecule has 0 spiro atoms. The third kappa shape index (κ3) is 4.60. The SMILES string of the molecule is COc1ccc(CNc2ccc(NC(=O)NC3CC3)cn2)cc1. The number of carbonyl (C=O) groups excluding carboxylic acids is 1. The van der Waals surface area contributed by atoms with Crippen molar-refractivity contribution >= 4 is 17.5 Å². The van der Waals surface area contributed by atoms with Crippen LogP contribution in [0.5, 0.6) is 5.75 Å². The standard InChI is InChI=1S/C17H20N4O2/c1-23-15-7-2-12(3-8-15)10-18-16-9-6-14(11-19-16)21-17(22)20-13-4-5-13/h2-3,6-9,11,13H,4-5,10H2,1H3,(H,18,19)(H2,20,21,22).